The van der Waals surface area contributed by atoms with Gasteiger partial charge >= 0.3 is 0 Å². The monoisotopic (exact) mass is 586 g/mol. The Morgan fingerprint density at radius 1 is 0.929 bits per heavy atom. The summed E-state index contributed by atoms with van der Waals surface area (Å²) >= 11 is 0. The number of nitrogens with zero attached hydrogens (tertiary/aromatic N) is 1. The fraction of sp³-hybridized carbons (Fsp3) is 0.636. The molecule has 9 nitrogen and oxygen atoms in total. The van der Waals surface area contributed by atoms with Crippen LogP contribution in [0.4, 0.5) is 5.69 Å². The van der Waals surface area contributed by atoms with Crippen LogP contribution in [0, 0.1) is 0 Å². The van der Waals surface area contributed by atoms with Crippen molar-refractivity contribution >= 4 is 5.69 Å². The zero-order valence-electron chi connectivity index (χ0n) is 25.6. The van der Waals surface area contributed by atoms with Crippen LogP contribution >= 0.6 is 0 Å². The molecule has 2 heterocycles. The minimum absolute atomic E-state index is 0.0264. The van der Waals surface area contributed by atoms with Crippen LogP contribution in [0.25, 0.3) is 0 Å². The lowest BCUT2D eigenvalue weighted by Gasteiger charge is -2.39. The molecule has 2 aliphatic rings. The molecule has 0 amide bonds. The van der Waals surface area contributed by atoms with Gasteiger partial charge in [0, 0.05) is 59.6 Å². The zero-order chi connectivity index (χ0) is 29.6. The summed E-state index contributed by atoms with van der Waals surface area (Å²) in [4.78, 5) is 2.37. The second kappa shape index (κ2) is 17.8. The molecule has 0 bridgehead atoms. The highest BCUT2D eigenvalue weighted by Gasteiger charge is 2.36. The molecule has 2 N–H and O–H groups in total. The summed E-state index contributed by atoms with van der Waals surface area (Å²) in [6.45, 7) is 9.38. The third kappa shape index (κ3) is 9.64. The number of fused-ring (bicyclic) bond motifs is 1. The molecule has 42 heavy (non-hydrogen) atoms. The smallest absolute Gasteiger partial charge is 0.142 e. The fourth-order valence-electron chi connectivity index (χ4n) is 5.54. The van der Waals surface area contributed by atoms with Crippen molar-refractivity contribution in [1.29, 1.82) is 0 Å². The van der Waals surface area contributed by atoms with E-state index in [2.05, 4.69) is 52.7 Å². The molecular weight excluding hydrogens is 536 g/mol. The summed E-state index contributed by atoms with van der Waals surface area (Å²) in [5, 5.41) is 13.7. The van der Waals surface area contributed by atoms with Crippen molar-refractivity contribution < 1.29 is 33.5 Å². The van der Waals surface area contributed by atoms with Crippen LogP contribution in [0.3, 0.4) is 0 Å². The van der Waals surface area contributed by atoms with Gasteiger partial charge < -0.3 is 43.7 Å². The number of nitrogens with one attached hydrogen (secondary N) is 1. The largest absolute Gasteiger partial charge is 0.490 e. The Hall–Kier alpha value is -2.24. The zero-order valence-corrected chi connectivity index (χ0v) is 25.6. The van der Waals surface area contributed by atoms with Crippen LogP contribution in [-0.4, -0.2) is 96.9 Å². The quantitative estimate of drug-likeness (QED) is 0.253. The molecule has 2 aromatic rings. The van der Waals surface area contributed by atoms with Gasteiger partial charge in [-0.25, -0.2) is 0 Å². The first-order chi connectivity index (χ1) is 20.6. The number of ether oxygens (including phenoxy) is 6. The molecule has 2 unspecified atom stereocenters. The van der Waals surface area contributed by atoms with Crippen LogP contribution in [-0.2, 0) is 36.9 Å². The van der Waals surface area contributed by atoms with Crippen LogP contribution in [0.2, 0.25) is 0 Å². The lowest BCUT2D eigenvalue weighted by Crippen LogP contribution is -2.51. The Morgan fingerprint density at radius 3 is 2.43 bits per heavy atom. The number of piperidine rings is 1. The molecule has 234 valence electrons. The van der Waals surface area contributed by atoms with E-state index < -0.39 is 6.10 Å². The van der Waals surface area contributed by atoms with Crippen molar-refractivity contribution in [1.82, 2.24) is 5.32 Å². The molecule has 9 heteroatoms. The molecule has 1 saturated heterocycles. The second-order valence-electron chi connectivity index (χ2n) is 11.1. The topological polar surface area (TPSA) is 90.9 Å². The van der Waals surface area contributed by atoms with E-state index >= 15 is 0 Å². The SMILES string of the molecule is CCC(O)CO[C@@H]1CNC[C@H](OCc2ccc3c(c2)N(CCCOC)CCO3)C1c1ccc(COCCCOC)cc1. The minimum Gasteiger partial charge on any atom is -0.490 e. The summed E-state index contributed by atoms with van der Waals surface area (Å²) in [6.07, 6.45) is 1.83. The number of anilines is 1. The van der Waals surface area contributed by atoms with Gasteiger partial charge in [-0.05, 0) is 48.1 Å². The number of methoxy groups -OCH3 is 2. The number of hydrogen-bond acceptors (Lipinski definition) is 9. The van der Waals surface area contributed by atoms with Gasteiger partial charge in [-0.2, -0.15) is 0 Å². The van der Waals surface area contributed by atoms with Gasteiger partial charge in [-0.1, -0.05) is 37.3 Å². The van der Waals surface area contributed by atoms with E-state index in [1.807, 2.05) is 6.92 Å². The highest BCUT2D eigenvalue weighted by atomic mass is 16.5. The van der Waals surface area contributed by atoms with Crippen molar-refractivity contribution in [2.75, 3.05) is 78.3 Å². The average molecular weight is 587 g/mol. The summed E-state index contributed by atoms with van der Waals surface area (Å²) in [5.41, 5.74) is 4.53. The van der Waals surface area contributed by atoms with Gasteiger partial charge in [0.15, 0.2) is 0 Å². The van der Waals surface area contributed by atoms with E-state index in [9.17, 15) is 5.11 Å². The number of hydrogen-bond donors (Lipinski definition) is 2. The van der Waals surface area contributed by atoms with Gasteiger partial charge in [-0.3, -0.25) is 0 Å². The molecule has 0 saturated carbocycles. The average Bonchev–Trinajstić information content (AvgIpc) is 3.03. The molecule has 0 aromatic heterocycles. The first-order valence-electron chi connectivity index (χ1n) is 15.4. The molecule has 4 atom stereocenters. The molecule has 0 aliphatic carbocycles. The van der Waals surface area contributed by atoms with E-state index in [-0.39, 0.29) is 18.1 Å². The lowest BCUT2D eigenvalue weighted by molar-refractivity contribution is -0.0777. The molecule has 2 aromatic carbocycles. The molecule has 0 spiro atoms. The third-order valence-electron chi connectivity index (χ3n) is 7.96. The summed E-state index contributed by atoms with van der Waals surface area (Å²) in [7, 11) is 3.45. The van der Waals surface area contributed by atoms with E-state index in [4.69, 9.17) is 28.4 Å². The Bertz CT molecular complexity index is 1040. The number of aliphatic hydroxyl groups is 1. The van der Waals surface area contributed by atoms with E-state index in [0.717, 1.165) is 61.6 Å². The maximum absolute atomic E-state index is 10.2. The van der Waals surface area contributed by atoms with Gasteiger partial charge in [0.05, 0.1) is 50.4 Å². The first-order valence-corrected chi connectivity index (χ1v) is 15.4. The predicted molar refractivity (Wildman–Crippen MR) is 163 cm³/mol. The molecule has 2 aliphatic heterocycles. The van der Waals surface area contributed by atoms with Crippen molar-refractivity contribution in [3.05, 3.63) is 59.2 Å². The number of benzene rings is 2. The molecule has 4 rings (SSSR count). The first kappa shape index (κ1) is 32.7. The highest BCUT2D eigenvalue weighted by Crippen LogP contribution is 2.34. The Kier molecular flexibility index (Phi) is 13.8. The van der Waals surface area contributed by atoms with Crippen molar-refractivity contribution in [3.8, 4) is 5.75 Å². The fourth-order valence-corrected chi connectivity index (χ4v) is 5.54. The minimum atomic E-state index is -0.478. The maximum atomic E-state index is 10.2. The second-order valence-corrected chi connectivity index (χ2v) is 11.1. The highest BCUT2D eigenvalue weighted by molar-refractivity contribution is 5.61. The van der Waals surface area contributed by atoms with Gasteiger partial charge in [0.2, 0.25) is 0 Å². The van der Waals surface area contributed by atoms with Gasteiger partial charge in [-0.15, -0.1) is 0 Å². The normalized spacial score (nSPS) is 21.1. The summed E-state index contributed by atoms with van der Waals surface area (Å²) < 4.78 is 35.0. The van der Waals surface area contributed by atoms with Gasteiger partial charge in [0.1, 0.15) is 12.4 Å². The van der Waals surface area contributed by atoms with Crippen LogP contribution < -0.4 is 15.0 Å². The summed E-state index contributed by atoms with van der Waals surface area (Å²) in [6, 6.07) is 14.9. The lowest BCUT2D eigenvalue weighted by atomic mass is 9.85. The van der Waals surface area contributed by atoms with E-state index in [1.165, 1.54) is 5.56 Å². The van der Waals surface area contributed by atoms with Crippen molar-refractivity contribution in [3.63, 3.8) is 0 Å². The third-order valence-corrected chi connectivity index (χ3v) is 7.96. The van der Waals surface area contributed by atoms with Crippen LogP contribution in [0.15, 0.2) is 42.5 Å². The summed E-state index contributed by atoms with van der Waals surface area (Å²) in [5.74, 6) is 0.948. The maximum Gasteiger partial charge on any atom is 0.142 e. The molecule has 0 radical (unpaired) electrons. The van der Waals surface area contributed by atoms with Crippen molar-refractivity contribution in [2.45, 2.75) is 63.6 Å². The van der Waals surface area contributed by atoms with Gasteiger partial charge in [0.25, 0.3) is 0 Å². The Morgan fingerprint density at radius 2 is 1.67 bits per heavy atom. The van der Waals surface area contributed by atoms with Crippen LogP contribution in [0.5, 0.6) is 5.75 Å². The standard InChI is InChI=1S/C33H50N2O7/c1-4-28(36)24-42-32-21-34-20-31(33(32)27-10-7-25(8-11-27)22-39-17-6-16-38-3)41-23-26-9-12-30-29(19-26)35(14-18-40-30)13-5-15-37-2/h7-12,19,28,31-34,36H,4-6,13-18,20-24H2,1-3H3/t28?,31-,32+,33?/m0/s1. The Balaban J connectivity index is 1.44. The van der Waals surface area contributed by atoms with E-state index in [1.54, 1.807) is 14.2 Å². The molecular formula is C33H50N2O7. The number of rotatable bonds is 18. The van der Waals surface area contributed by atoms with Crippen molar-refractivity contribution in [2.24, 2.45) is 0 Å². The predicted octanol–water partition coefficient (Wildman–Crippen LogP) is 3.90. The Labute approximate surface area is 251 Å². The number of aliphatic hydroxyl groups excluding tert-OH is 1. The van der Waals surface area contributed by atoms with E-state index in [0.29, 0.717) is 52.6 Å². The van der Waals surface area contributed by atoms with Crippen LogP contribution in [0.1, 0.15) is 48.8 Å². The molecule has 1 fully saturated rings.